The fourth-order valence-corrected chi connectivity index (χ4v) is 6.31. The molecule has 3 N–H and O–H groups in total. The first-order valence-electron chi connectivity index (χ1n) is 24.0. The lowest BCUT2D eigenvalue weighted by atomic mass is 10.0. The molecule has 0 bridgehead atoms. The van der Waals surface area contributed by atoms with E-state index in [4.69, 9.17) is 4.74 Å². The Morgan fingerprint density at radius 3 is 1.51 bits per heavy atom. The highest BCUT2D eigenvalue weighted by Gasteiger charge is 2.23. The number of carbonyl (C=O) groups excluding carboxylic acids is 2. The van der Waals surface area contributed by atoms with E-state index in [1.165, 1.54) is 44.9 Å². The van der Waals surface area contributed by atoms with Crippen LogP contribution in [0.1, 0.15) is 175 Å². The van der Waals surface area contributed by atoms with Gasteiger partial charge in [-0.25, -0.2) is 0 Å². The highest BCUT2D eigenvalue weighted by atomic mass is 16.5. The maximum atomic E-state index is 13.1. The highest BCUT2D eigenvalue weighted by Crippen LogP contribution is 2.15. The predicted molar refractivity (Wildman–Crippen MR) is 263 cm³/mol. The van der Waals surface area contributed by atoms with Gasteiger partial charge in [0.05, 0.1) is 25.2 Å². The minimum Gasteiger partial charge on any atom is -0.461 e. The molecule has 61 heavy (non-hydrogen) atoms. The third-order valence-electron chi connectivity index (χ3n) is 9.89. The molecule has 342 valence electrons. The van der Waals surface area contributed by atoms with Crippen molar-refractivity contribution < 1.29 is 24.5 Å². The van der Waals surface area contributed by atoms with Crippen LogP contribution in [-0.2, 0) is 14.3 Å². The van der Waals surface area contributed by atoms with Gasteiger partial charge in [-0.15, -0.1) is 0 Å². The predicted octanol–water partition coefficient (Wildman–Crippen LogP) is 14.3. The van der Waals surface area contributed by atoms with Crippen molar-refractivity contribution in [2.75, 3.05) is 6.61 Å². The van der Waals surface area contributed by atoms with E-state index < -0.39 is 18.2 Å². The molecule has 3 unspecified atom stereocenters. The topological polar surface area (TPSA) is 95.9 Å². The second-order valence-electron chi connectivity index (χ2n) is 15.6. The number of hydrogen-bond acceptors (Lipinski definition) is 5. The maximum Gasteiger partial charge on any atom is 0.306 e. The van der Waals surface area contributed by atoms with Crippen LogP contribution in [0.3, 0.4) is 0 Å². The normalized spacial score (nSPS) is 14.5. The van der Waals surface area contributed by atoms with E-state index >= 15 is 0 Å². The fraction of sp³-hybridized carbons (Fsp3) is 0.564. The van der Waals surface area contributed by atoms with Crippen molar-refractivity contribution in [3.8, 4) is 0 Å². The van der Waals surface area contributed by atoms with Crippen LogP contribution >= 0.6 is 0 Å². The number of allylic oxidation sites excluding steroid dienone is 21. The van der Waals surface area contributed by atoms with Crippen molar-refractivity contribution in [2.24, 2.45) is 0 Å². The van der Waals surface area contributed by atoms with E-state index in [9.17, 15) is 19.8 Å². The summed E-state index contributed by atoms with van der Waals surface area (Å²) in [5, 5.41) is 23.6. The number of unbranched alkanes of at least 4 members (excludes halogenated alkanes) is 12. The zero-order chi connectivity index (χ0) is 44.5. The Hall–Kier alpha value is -4.00. The highest BCUT2D eigenvalue weighted by molar-refractivity contribution is 5.77. The van der Waals surface area contributed by atoms with Gasteiger partial charge < -0.3 is 20.3 Å². The van der Waals surface area contributed by atoms with Crippen LogP contribution in [0.5, 0.6) is 0 Å². The molecule has 3 atom stereocenters. The van der Waals surface area contributed by atoms with Crippen molar-refractivity contribution in [1.29, 1.82) is 0 Å². The Morgan fingerprint density at radius 2 is 0.984 bits per heavy atom. The second-order valence-corrected chi connectivity index (χ2v) is 15.6. The van der Waals surface area contributed by atoms with Crippen molar-refractivity contribution >= 4 is 11.9 Å². The van der Waals surface area contributed by atoms with Gasteiger partial charge in [-0.3, -0.25) is 9.59 Å². The summed E-state index contributed by atoms with van der Waals surface area (Å²) in [5.41, 5.74) is 0. The van der Waals surface area contributed by atoms with Crippen molar-refractivity contribution in [3.63, 3.8) is 0 Å². The molecule has 6 nitrogen and oxygen atoms in total. The Balaban J connectivity index is 4.88. The van der Waals surface area contributed by atoms with Gasteiger partial charge in [0.15, 0.2) is 0 Å². The number of aliphatic hydroxyl groups excluding tert-OH is 2. The molecular weight excluding hydrogens is 755 g/mol. The number of hydrogen-bond donors (Lipinski definition) is 3. The Kier molecular flexibility index (Phi) is 44.0. The van der Waals surface area contributed by atoms with Crippen LogP contribution in [-0.4, -0.2) is 46.9 Å². The third-order valence-corrected chi connectivity index (χ3v) is 9.89. The average Bonchev–Trinajstić information content (AvgIpc) is 3.25. The van der Waals surface area contributed by atoms with Crippen LogP contribution in [0.2, 0.25) is 0 Å². The number of nitrogens with one attached hydrogen (secondary N) is 1. The Labute approximate surface area is 373 Å². The van der Waals surface area contributed by atoms with Crippen molar-refractivity contribution in [2.45, 2.75) is 193 Å². The first kappa shape index (κ1) is 57.0. The molecule has 0 aliphatic carbocycles. The summed E-state index contributed by atoms with van der Waals surface area (Å²) in [6.45, 7) is 6.14. The Morgan fingerprint density at radius 1 is 0.525 bits per heavy atom. The molecule has 0 aliphatic rings. The summed E-state index contributed by atoms with van der Waals surface area (Å²) in [6.07, 6.45) is 66.6. The molecule has 6 heteroatoms. The summed E-state index contributed by atoms with van der Waals surface area (Å²) in [7, 11) is 0. The van der Waals surface area contributed by atoms with Gasteiger partial charge in [-0.2, -0.15) is 0 Å². The van der Waals surface area contributed by atoms with E-state index in [1.807, 2.05) is 72.9 Å². The summed E-state index contributed by atoms with van der Waals surface area (Å²) < 4.78 is 5.83. The molecule has 0 saturated carbocycles. The summed E-state index contributed by atoms with van der Waals surface area (Å²) >= 11 is 0. The molecule has 0 rings (SSSR count). The van der Waals surface area contributed by atoms with Crippen LogP contribution in [0, 0.1) is 0 Å². The van der Waals surface area contributed by atoms with Crippen LogP contribution < -0.4 is 5.32 Å². The largest absolute Gasteiger partial charge is 0.461 e. The van der Waals surface area contributed by atoms with Gasteiger partial charge in [-0.05, 0) is 64.2 Å². The Bertz CT molecular complexity index is 1360. The molecule has 0 aromatic rings. The van der Waals surface area contributed by atoms with E-state index in [-0.39, 0.29) is 24.9 Å². The molecule has 0 fully saturated rings. The smallest absolute Gasteiger partial charge is 0.306 e. The van der Waals surface area contributed by atoms with Gasteiger partial charge >= 0.3 is 5.97 Å². The molecule has 0 spiro atoms. The van der Waals surface area contributed by atoms with Gasteiger partial charge in [0.2, 0.25) is 5.91 Å². The lowest BCUT2D eigenvalue weighted by Gasteiger charge is -2.24. The summed E-state index contributed by atoms with van der Waals surface area (Å²) in [4.78, 5) is 26.0. The molecule has 0 aromatic carbocycles. The fourth-order valence-electron chi connectivity index (χ4n) is 6.31. The van der Waals surface area contributed by atoms with Gasteiger partial charge in [0, 0.05) is 12.8 Å². The van der Waals surface area contributed by atoms with Gasteiger partial charge in [-0.1, -0.05) is 225 Å². The number of aliphatic hydroxyl groups is 2. The molecule has 0 aliphatic heterocycles. The monoisotopic (exact) mass is 842 g/mol. The standard InChI is InChI=1S/C55H87NO5/c1-4-7-10-13-16-19-22-24-26-27-29-31-33-36-39-42-45-48-55(60)61-51(46-43-40-37-34-32-30-28-25-23-20-17-14-11-8-5-2)49-54(59)56-52(50-57)53(58)47-44-41-38-35-21-18-15-12-9-6-3/h7-8,10-11,13,16-17,19-20,22,24-29,31-34,40,43,51-53,57-58H,4-6,9,12,14-15,18,21,23,30,35-39,41-42,44-50H2,1-3H3,(H,56,59)/b10-7-,11-8-,16-13+,20-17-,22-19+,26-24-,28-25-,29-27+,33-31+,34-32-,43-40-. The lowest BCUT2D eigenvalue weighted by Crippen LogP contribution is -2.46. The molecule has 1 amide bonds. The zero-order valence-corrected chi connectivity index (χ0v) is 38.7. The van der Waals surface area contributed by atoms with Gasteiger partial charge in [0.25, 0.3) is 0 Å². The number of esters is 1. The summed E-state index contributed by atoms with van der Waals surface area (Å²) in [5.74, 6) is -0.649. The quantitative estimate of drug-likeness (QED) is 0.0247. The van der Waals surface area contributed by atoms with Gasteiger partial charge in [0.1, 0.15) is 6.10 Å². The lowest BCUT2D eigenvalue weighted by molar-refractivity contribution is -0.150. The van der Waals surface area contributed by atoms with E-state index in [2.05, 4.69) is 86.8 Å². The third kappa shape index (κ3) is 42.5. The van der Waals surface area contributed by atoms with Crippen LogP contribution in [0.4, 0.5) is 0 Å². The molecule has 0 saturated heterocycles. The van der Waals surface area contributed by atoms with Crippen LogP contribution in [0.25, 0.3) is 0 Å². The average molecular weight is 842 g/mol. The van der Waals surface area contributed by atoms with E-state index in [0.29, 0.717) is 19.3 Å². The number of ether oxygens (including phenoxy) is 1. The summed E-state index contributed by atoms with van der Waals surface area (Å²) in [6, 6.07) is -0.750. The number of carbonyl (C=O) groups is 2. The molecular formula is C55H87NO5. The minimum atomic E-state index is -0.828. The van der Waals surface area contributed by atoms with Crippen LogP contribution in [0.15, 0.2) is 134 Å². The first-order chi connectivity index (χ1) is 30.0. The number of rotatable bonds is 40. The second kappa shape index (κ2) is 47.1. The zero-order valence-electron chi connectivity index (χ0n) is 38.7. The van der Waals surface area contributed by atoms with Crippen molar-refractivity contribution in [3.05, 3.63) is 134 Å². The first-order valence-corrected chi connectivity index (χ1v) is 24.0. The SMILES string of the molecule is CC\C=C/C=C/C=C/C=C\C=C\C=C\CCCCCC(=O)OC(C/C=C\C/C=C\C/C=C\C/C=C\C/C=C\CC)CC(=O)NC(CO)C(O)CCCCCCCCCCCC. The molecule has 0 aromatic heterocycles. The minimum absolute atomic E-state index is 0.0288. The number of amides is 1. The van der Waals surface area contributed by atoms with Crippen molar-refractivity contribution in [1.82, 2.24) is 5.32 Å². The molecule has 0 radical (unpaired) electrons. The van der Waals surface area contributed by atoms with E-state index in [0.717, 1.165) is 83.5 Å². The van der Waals surface area contributed by atoms with E-state index in [1.54, 1.807) is 0 Å². The maximum absolute atomic E-state index is 13.1. The molecule has 0 heterocycles.